The Hall–Kier alpha value is -2.08. The highest BCUT2D eigenvalue weighted by atomic mass is 35.5. The molecule has 7 heteroatoms. The standard InChI is InChI=1S/C10H9ClN4O2/c11-7-3-1-6(2-4-7)5-8-9(16)15(12)10(17)14-13-8/h1-4H,5,12H2,(H,14,17). The summed E-state index contributed by atoms with van der Waals surface area (Å²) in [6, 6.07) is 6.97. The van der Waals surface area contributed by atoms with Gasteiger partial charge in [-0.15, -0.1) is 0 Å². The van der Waals surface area contributed by atoms with E-state index in [0.717, 1.165) is 5.56 Å². The summed E-state index contributed by atoms with van der Waals surface area (Å²) < 4.78 is 0.498. The quantitative estimate of drug-likeness (QED) is 0.729. The van der Waals surface area contributed by atoms with E-state index in [1.807, 2.05) is 0 Å². The van der Waals surface area contributed by atoms with Gasteiger partial charge < -0.3 is 5.84 Å². The zero-order valence-electron chi connectivity index (χ0n) is 8.68. The lowest BCUT2D eigenvalue weighted by Crippen LogP contribution is -2.43. The number of halogens is 1. The van der Waals surface area contributed by atoms with Crippen LogP contribution < -0.4 is 17.1 Å². The SMILES string of the molecule is Nn1c(=O)[nH]nc(Cc2ccc(Cl)cc2)c1=O. The number of hydrogen-bond donors (Lipinski definition) is 2. The van der Waals surface area contributed by atoms with Crippen LogP contribution in [0.2, 0.25) is 5.02 Å². The molecule has 0 fully saturated rings. The maximum absolute atomic E-state index is 11.6. The lowest BCUT2D eigenvalue weighted by Gasteiger charge is -2.01. The highest BCUT2D eigenvalue weighted by Gasteiger charge is 2.07. The molecule has 0 bridgehead atoms. The smallest absolute Gasteiger partial charge is 0.332 e. The topological polar surface area (TPSA) is 93.8 Å². The molecule has 1 heterocycles. The van der Waals surface area contributed by atoms with Gasteiger partial charge in [-0.1, -0.05) is 23.7 Å². The van der Waals surface area contributed by atoms with Crippen molar-refractivity contribution < 1.29 is 0 Å². The number of nitrogens with one attached hydrogen (secondary N) is 1. The Bertz CT molecular complexity index is 645. The zero-order chi connectivity index (χ0) is 12.4. The molecule has 0 spiro atoms. The van der Waals surface area contributed by atoms with Crippen molar-refractivity contribution in [2.24, 2.45) is 0 Å². The van der Waals surface area contributed by atoms with E-state index in [1.54, 1.807) is 24.3 Å². The number of aromatic nitrogens is 3. The summed E-state index contributed by atoms with van der Waals surface area (Å²) in [5.41, 5.74) is -0.320. The van der Waals surface area contributed by atoms with Crippen molar-refractivity contribution in [3.05, 3.63) is 61.4 Å². The predicted molar refractivity (Wildman–Crippen MR) is 63.5 cm³/mol. The zero-order valence-corrected chi connectivity index (χ0v) is 9.44. The van der Waals surface area contributed by atoms with Gasteiger partial charge >= 0.3 is 5.69 Å². The van der Waals surface area contributed by atoms with E-state index in [1.165, 1.54) is 0 Å². The second-order valence-electron chi connectivity index (χ2n) is 3.45. The van der Waals surface area contributed by atoms with Crippen LogP contribution >= 0.6 is 11.6 Å². The molecule has 0 aliphatic carbocycles. The summed E-state index contributed by atoms with van der Waals surface area (Å²) in [6.45, 7) is 0. The molecular weight excluding hydrogens is 244 g/mol. The fourth-order valence-corrected chi connectivity index (χ4v) is 1.48. The molecule has 88 valence electrons. The Morgan fingerprint density at radius 3 is 2.59 bits per heavy atom. The third kappa shape index (κ3) is 2.36. The summed E-state index contributed by atoms with van der Waals surface area (Å²) >= 11 is 5.74. The van der Waals surface area contributed by atoms with E-state index in [9.17, 15) is 9.59 Å². The number of hydrogen-bond acceptors (Lipinski definition) is 4. The number of H-pyrrole nitrogens is 1. The van der Waals surface area contributed by atoms with Gasteiger partial charge in [-0.2, -0.15) is 9.77 Å². The second-order valence-corrected chi connectivity index (χ2v) is 3.89. The molecule has 0 aliphatic rings. The molecule has 0 atom stereocenters. The van der Waals surface area contributed by atoms with E-state index in [0.29, 0.717) is 9.70 Å². The maximum Gasteiger partial charge on any atom is 0.363 e. The summed E-state index contributed by atoms with van der Waals surface area (Å²) in [4.78, 5) is 22.6. The minimum Gasteiger partial charge on any atom is -0.332 e. The Balaban J connectivity index is 2.37. The molecule has 1 aromatic carbocycles. The van der Waals surface area contributed by atoms with Gasteiger partial charge in [-0.3, -0.25) is 4.79 Å². The summed E-state index contributed by atoms with van der Waals surface area (Å²) in [5, 5.41) is 6.43. The fourth-order valence-electron chi connectivity index (χ4n) is 1.36. The first-order chi connectivity index (χ1) is 8.08. The number of nitrogen functional groups attached to an aromatic ring is 1. The second kappa shape index (κ2) is 4.42. The lowest BCUT2D eigenvalue weighted by atomic mass is 10.1. The summed E-state index contributed by atoms with van der Waals surface area (Å²) in [5.74, 6) is 5.26. The minimum atomic E-state index is -0.741. The van der Waals surface area contributed by atoms with Crippen molar-refractivity contribution >= 4 is 11.6 Å². The van der Waals surface area contributed by atoms with Crippen molar-refractivity contribution in [3.63, 3.8) is 0 Å². The number of nitrogens with zero attached hydrogens (tertiary/aromatic N) is 2. The van der Waals surface area contributed by atoms with Crippen LogP contribution in [0.4, 0.5) is 0 Å². The average molecular weight is 253 g/mol. The van der Waals surface area contributed by atoms with Gasteiger partial charge in [0, 0.05) is 11.4 Å². The molecule has 2 aromatic rings. The third-order valence-electron chi connectivity index (χ3n) is 2.26. The van der Waals surface area contributed by atoms with E-state index >= 15 is 0 Å². The molecule has 0 saturated heterocycles. The lowest BCUT2D eigenvalue weighted by molar-refractivity contribution is 0.733. The Morgan fingerprint density at radius 1 is 1.29 bits per heavy atom. The van der Waals surface area contributed by atoms with Crippen LogP contribution in [0.15, 0.2) is 33.9 Å². The van der Waals surface area contributed by atoms with Gasteiger partial charge in [0.1, 0.15) is 5.69 Å². The van der Waals surface area contributed by atoms with Gasteiger partial charge in [-0.05, 0) is 17.7 Å². The molecule has 17 heavy (non-hydrogen) atoms. The van der Waals surface area contributed by atoms with E-state index in [-0.39, 0.29) is 12.1 Å². The van der Waals surface area contributed by atoms with Crippen molar-refractivity contribution in [1.82, 2.24) is 14.9 Å². The maximum atomic E-state index is 11.6. The normalized spacial score (nSPS) is 10.4. The van der Waals surface area contributed by atoms with Crippen molar-refractivity contribution in [1.29, 1.82) is 0 Å². The van der Waals surface area contributed by atoms with Crippen LogP contribution in [0.5, 0.6) is 0 Å². The first-order valence-corrected chi connectivity index (χ1v) is 5.16. The minimum absolute atomic E-state index is 0.175. The number of rotatable bonds is 2. The first-order valence-electron chi connectivity index (χ1n) is 4.78. The molecule has 1 aromatic heterocycles. The molecule has 0 radical (unpaired) electrons. The molecule has 0 aliphatic heterocycles. The van der Waals surface area contributed by atoms with Crippen molar-refractivity contribution in [3.8, 4) is 0 Å². The average Bonchev–Trinajstić information content (AvgIpc) is 2.33. The number of benzene rings is 1. The molecule has 0 amide bonds. The van der Waals surface area contributed by atoms with Crippen LogP contribution in [0.1, 0.15) is 11.3 Å². The van der Waals surface area contributed by atoms with Crippen LogP contribution in [0.3, 0.4) is 0 Å². The Morgan fingerprint density at radius 2 is 1.94 bits per heavy atom. The van der Waals surface area contributed by atoms with E-state index in [4.69, 9.17) is 17.4 Å². The van der Waals surface area contributed by atoms with Crippen LogP contribution in [0.25, 0.3) is 0 Å². The van der Waals surface area contributed by atoms with E-state index in [2.05, 4.69) is 10.2 Å². The first kappa shape index (κ1) is 11.4. The highest BCUT2D eigenvalue weighted by Crippen LogP contribution is 2.10. The number of aromatic amines is 1. The highest BCUT2D eigenvalue weighted by molar-refractivity contribution is 6.30. The Kier molecular flexibility index (Phi) is 2.97. The predicted octanol–water partition coefficient (Wildman–Crippen LogP) is -0.110. The van der Waals surface area contributed by atoms with Gasteiger partial charge in [0.2, 0.25) is 0 Å². The Labute approximate surface area is 101 Å². The summed E-state index contributed by atoms with van der Waals surface area (Å²) in [6.07, 6.45) is 0.282. The molecular formula is C10H9ClN4O2. The van der Waals surface area contributed by atoms with Crippen LogP contribution in [0, 0.1) is 0 Å². The van der Waals surface area contributed by atoms with Gasteiger partial charge in [0.15, 0.2) is 0 Å². The summed E-state index contributed by atoms with van der Waals surface area (Å²) in [7, 11) is 0. The van der Waals surface area contributed by atoms with Crippen molar-refractivity contribution in [2.75, 3.05) is 5.84 Å². The van der Waals surface area contributed by atoms with Crippen molar-refractivity contribution in [2.45, 2.75) is 6.42 Å². The molecule has 0 unspecified atom stereocenters. The fraction of sp³-hybridized carbons (Fsp3) is 0.100. The number of nitrogens with two attached hydrogens (primary N) is 1. The van der Waals surface area contributed by atoms with Gasteiger partial charge in [-0.25, -0.2) is 9.89 Å². The van der Waals surface area contributed by atoms with E-state index < -0.39 is 11.2 Å². The van der Waals surface area contributed by atoms with Crippen LogP contribution in [-0.4, -0.2) is 14.9 Å². The molecule has 6 nitrogen and oxygen atoms in total. The van der Waals surface area contributed by atoms with Gasteiger partial charge in [0.25, 0.3) is 5.56 Å². The molecule has 3 N–H and O–H groups in total. The largest absolute Gasteiger partial charge is 0.363 e. The third-order valence-corrected chi connectivity index (χ3v) is 2.51. The molecule has 0 saturated carbocycles. The van der Waals surface area contributed by atoms with Gasteiger partial charge in [0.05, 0.1) is 0 Å². The molecule has 2 rings (SSSR count). The monoisotopic (exact) mass is 252 g/mol. The van der Waals surface area contributed by atoms with Crippen LogP contribution in [-0.2, 0) is 6.42 Å².